The first-order valence-electron chi connectivity index (χ1n) is 17.5. The van der Waals surface area contributed by atoms with Crippen LogP contribution in [0.1, 0.15) is 97.0 Å². The molecule has 0 bridgehead atoms. The Labute approximate surface area is 288 Å². The Morgan fingerprint density at radius 3 is 2.42 bits per heavy atom. The molecule has 10 heteroatoms. The van der Waals surface area contributed by atoms with Gasteiger partial charge in [-0.05, 0) is 50.0 Å². The third-order valence-corrected chi connectivity index (χ3v) is 9.10. The van der Waals surface area contributed by atoms with Gasteiger partial charge in [-0.2, -0.15) is 0 Å². The quantitative estimate of drug-likeness (QED) is 0.104. The summed E-state index contributed by atoms with van der Waals surface area (Å²) in [6.07, 6.45) is 13.9. The minimum absolute atomic E-state index is 0.0516. The molecule has 1 aromatic carbocycles. The summed E-state index contributed by atoms with van der Waals surface area (Å²) < 4.78 is 0. The summed E-state index contributed by atoms with van der Waals surface area (Å²) in [7, 11) is 1.69. The van der Waals surface area contributed by atoms with Gasteiger partial charge < -0.3 is 31.5 Å². The monoisotopic (exact) mass is 665 g/mol. The van der Waals surface area contributed by atoms with Crippen LogP contribution in [0.25, 0.3) is 0 Å². The predicted molar refractivity (Wildman–Crippen MR) is 192 cm³/mol. The zero-order valence-corrected chi connectivity index (χ0v) is 29.4. The van der Waals surface area contributed by atoms with Crippen LogP contribution in [-0.2, 0) is 20.8 Å². The van der Waals surface area contributed by atoms with Crippen LogP contribution in [0.5, 0.6) is 0 Å². The molecule has 1 fully saturated rings. The summed E-state index contributed by atoms with van der Waals surface area (Å²) in [5, 5.41) is 27.9. The maximum atomic E-state index is 13.9. The first-order chi connectivity index (χ1) is 22.9. The highest BCUT2D eigenvalue weighted by molar-refractivity contribution is 5.91. The van der Waals surface area contributed by atoms with E-state index in [1.165, 1.54) is 18.8 Å². The summed E-state index contributed by atoms with van der Waals surface area (Å²) in [6.45, 7) is 6.23. The smallest absolute Gasteiger partial charge is 0.242 e. The van der Waals surface area contributed by atoms with Crippen molar-refractivity contribution in [3.05, 3.63) is 48.3 Å². The Bertz CT molecular complexity index is 1220. The van der Waals surface area contributed by atoms with Crippen molar-refractivity contribution < 1.29 is 24.6 Å². The van der Waals surface area contributed by atoms with Crippen LogP contribution < -0.4 is 16.4 Å². The molecule has 1 aliphatic rings. The lowest BCUT2D eigenvalue weighted by molar-refractivity contribution is -0.137. The van der Waals surface area contributed by atoms with Gasteiger partial charge in [0.2, 0.25) is 17.7 Å². The first-order valence-corrected chi connectivity index (χ1v) is 17.5. The normalized spacial score (nSPS) is 17.2. The minimum Gasteiger partial charge on any atom is -0.403 e. The van der Waals surface area contributed by atoms with Gasteiger partial charge in [-0.3, -0.25) is 19.4 Å². The number of hydrogen-bond donors (Lipinski definition) is 5. The maximum Gasteiger partial charge on any atom is 0.242 e. The fourth-order valence-corrected chi connectivity index (χ4v) is 6.24. The Morgan fingerprint density at radius 1 is 1.10 bits per heavy atom. The number of nitrogens with zero attached hydrogens (tertiary/aromatic N) is 2. The average Bonchev–Trinajstić information content (AvgIpc) is 3.07. The van der Waals surface area contributed by atoms with Crippen LogP contribution in [0.3, 0.4) is 0 Å². The predicted octanol–water partition coefficient (Wildman–Crippen LogP) is 4.10. The molecular weight excluding hydrogens is 606 g/mol. The maximum absolute atomic E-state index is 13.9. The highest BCUT2D eigenvalue weighted by atomic mass is 16.3. The van der Waals surface area contributed by atoms with Crippen LogP contribution in [0.4, 0.5) is 0 Å². The van der Waals surface area contributed by atoms with Gasteiger partial charge in [-0.15, -0.1) is 12.3 Å². The van der Waals surface area contributed by atoms with E-state index in [2.05, 4.69) is 21.5 Å². The van der Waals surface area contributed by atoms with Gasteiger partial charge in [0, 0.05) is 51.0 Å². The van der Waals surface area contributed by atoms with Crippen LogP contribution in [0.15, 0.2) is 47.7 Å². The lowest BCUT2D eigenvalue weighted by atomic mass is 9.82. The molecule has 0 aliphatic heterocycles. The molecular formula is C38H59N5O5. The number of aliphatic hydroxyl groups is 2. The van der Waals surface area contributed by atoms with Crippen LogP contribution in [-0.4, -0.2) is 76.4 Å². The molecule has 0 spiro atoms. The second kappa shape index (κ2) is 22.0. The van der Waals surface area contributed by atoms with Gasteiger partial charge in [-0.1, -0.05) is 76.3 Å². The Morgan fingerprint density at radius 2 is 1.79 bits per heavy atom. The van der Waals surface area contributed by atoms with Crippen molar-refractivity contribution in [1.29, 1.82) is 0 Å². The number of aliphatic imine (C=N–C) groups is 1. The highest BCUT2D eigenvalue weighted by Gasteiger charge is 2.34. The second-order valence-corrected chi connectivity index (χ2v) is 13.7. The molecule has 0 heterocycles. The van der Waals surface area contributed by atoms with Crippen LogP contribution >= 0.6 is 0 Å². The molecule has 5 atom stereocenters. The molecule has 0 aromatic heterocycles. The highest BCUT2D eigenvalue weighted by Crippen LogP contribution is 2.29. The van der Waals surface area contributed by atoms with Gasteiger partial charge >= 0.3 is 0 Å². The molecule has 6 N–H and O–H groups in total. The van der Waals surface area contributed by atoms with Crippen molar-refractivity contribution in [2.24, 2.45) is 28.5 Å². The number of hydrogen-bond acceptors (Lipinski definition) is 7. The molecule has 266 valence electrons. The molecule has 3 amide bonds. The molecule has 2 unspecified atom stereocenters. The fraction of sp³-hybridized carbons (Fsp3) is 0.632. The summed E-state index contributed by atoms with van der Waals surface area (Å²) in [4.78, 5) is 46.8. The molecule has 1 saturated carbocycles. The largest absolute Gasteiger partial charge is 0.403 e. The number of terminal acetylenes is 1. The topological polar surface area (TPSA) is 157 Å². The number of carbonyl (C=O) groups excluding carboxylic acids is 3. The summed E-state index contributed by atoms with van der Waals surface area (Å²) in [5.74, 6) is 1.22. The van der Waals surface area contributed by atoms with E-state index in [4.69, 9.17) is 12.2 Å². The van der Waals surface area contributed by atoms with Crippen molar-refractivity contribution in [3.8, 4) is 12.3 Å². The van der Waals surface area contributed by atoms with Gasteiger partial charge in [-0.25, -0.2) is 0 Å². The zero-order valence-electron chi connectivity index (χ0n) is 29.4. The second-order valence-electron chi connectivity index (χ2n) is 13.7. The van der Waals surface area contributed by atoms with E-state index < -0.39 is 42.0 Å². The number of aliphatic hydroxyl groups excluding tert-OH is 2. The number of nitrogens with one attached hydrogen (secondary N) is 2. The number of nitrogens with two attached hydrogens (primary N) is 1. The summed E-state index contributed by atoms with van der Waals surface area (Å²) in [5.41, 5.74) is 7.08. The molecule has 0 saturated heterocycles. The Hall–Kier alpha value is -3.68. The average molecular weight is 666 g/mol. The fourth-order valence-electron chi connectivity index (χ4n) is 6.24. The summed E-state index contributed by atoms with van der Waals surface area (Å²) in [6, 6.07) is 7.80. The molecule has 10 nitrogen and oxygen atoms in total. The lowest BCUT2D eigenvalue weighted by Gasteiger charge is -2.34. The van der Waals surface area contributed by atoms with Crippen LogP contribution in [0, 0.1) is 30.1 Å². The van der Waals surface area contributed by atoms with Gasteiger partial charge in [0.25, 0.3) is 0 Å². The van der Waals surface area contributed by atoms with E-state index in [9.17, 15) is 24.6 Å². The number of benzene rings is 1. The Balaban J connectivity index is 2.24. The SMILES string of the molecule is C#CCC[C@H](NC(=O)C(CC(=O)N(C)CCC(C)=N/C=C\N)Cc1ccccc1)C(=O)N[C@@H](CC1CCCCC1)C(O)[C@@H](O)CC(C)C. The molecule has 1 aliphatic carbocycles. The number of amides is 3. The standard InChI is InChI=1S/C38H59N5O5/c1-6-7-18-32(38(48)42-33(25-30-16-12-9-13-17-30)36(46)34(44)23-27(2)3)41-37(47)31(24-29-14-10-8-11-15-29)26-35(45)43(5)22-19-28(4)40-21-20-39/h1,8,10-11,14-15,20-21,27,30-34,36,44,46H,7,9,12-13,16-19,22-26,39H2,2-5H3,(H,41,47)(H,42,48)/b21-20-,40-28?/t31?,32-,33-,34-,36?/m0/s1. The third kappa shape index (κ3) is 15.0. The Kier molecular flexibility index (Phi) is 18.6. The molecule has 2 rings (SSSR count). The van der Waals surface area contributed by atoms with Crippen LogP contribution in [0.2, 0.25) is 0 Å². The molecule has 1 aromatic rings. The number of carbonyl (C=O) groups is 3. The molecule has 0 radical (unpaired) electrons. The van der Waals surface area contributed by atoms with Gasteiger partial charge in [0.05, 0.1) is 18.1 Å². The van der Waals surface area contributed by atoms with Crippen molar-refractivity contribution >= 4 is 23.4 Å². The van der Waals surface area contributed by atoms with Crippen molar-refractivity contribution in [2.75, 3.05) is 13.6 Å². The number of rotatable bonds is 20. The zero-order chi connectivity index (χ0) is 35.5. The third-order valence-electron chi connectivity index (χ3n) is 9.10. The lowest BCUT2D eigenvalue weighted by Crippen LogP contribution is -2.56. The van der Waals surface area contributed by atoms with E-state index in [-0.39, 0.29) is 31.1 Å². The van der Waals surface area contributed by atoms with E-state index >= 15 is 0 Å². The minimum atomic E-state index is -1.15. The van der Waals surface area contributed by atoms with Gasteiger partial charge in [0.1, 0.15) is 12.1 Å². The van der Waals surface area contributed by atoms with E-state index in [0.29, 0.717) is 38.1 Å². The summed E-state index contributed by atoms with van der Waals surface area (Å²) >= 11 is 0. The van der Waals surface area contributed by atoms with Gasteiger partial charge in [0.15, 0.2) is 0 Å². The van der Waals surface area contributed by atoms with Crippen molar-refractivity contribution in [3.63, 3.8) is 0 Å². The van der Waals surface area contributed by atoms with E-state index in [0.717, 1.165) is 37.0 Å². The van der Waals surface area contributed by atoms with E-state index in [1.807, 2.05) is 51.1 Å². The first kappa shape index (κ1) is 40.5. The van der Waals surface area contributed by atoms with Crippen molar-refractivity contribution in [2.45, 2.75) is 122 Å². The molecule has 48 heavy (non-hydrogen) atoms. The van der Waals surface area contributed by atoms with E-state index in [1.54, 1.807) is 11.9 Å². The van der Waals surface area contributed by atoms with Crippen molar-refractivity contribution in [1.82, 2.24) is 15.5 Å².